The highest BCUT2D eigenvalue weighted by atomic mass is 32.1. The molecule has 0 aliphatic heterocycles. The Balaban J connectivity index is 1.94. The Labute approximate surface area is 159 Å². The average Bonchev–Trinajstić information content (AvgIpc) is 3.07. The van der Waals surface area contributed by atoms with Crippen LogP contribution in [0.25, 0.3) is 42.8 Å². The average molecular weight is 369 g/mol. The molecule has 27 heavy (non-hydrogen) atoms. The van der Waals surface area contributed by atoms with Crippen LogP contribution in [-0.4, -0.2) is 15.0 Å². The van der Waals surface area contributed by atoms with Gasteiger partial charge in [-0.15, -0.1) is 11.3 Å². The van der Waals surface area contributed by atoms with Crippen molar-refractivity contribution in [2.75, 3.05) is 0 Å². The Morgan fingerprint density at radius 2 is 1.56 bits per heavy atom. The van der Waals surface area contributed by atoms with Crippen LogP contribution < -0.4 is 5.56 Å². The second-order valence-electron chi connectivity index (χ2n) is 6.40. The van der Waals surface area contributed by atoms with E-state index in [1.54, 1.807) is 6.92 Å². The maximum absolute atomic E-state index is 12.5. The first kappa shape index (κ1) is 15.9. The van der Waals surface area contributed by atoms with Crippen LogP contribution in [0.1, 0.15) is 5.82 Å². The molecule has 0 amide bonds. The van der Waals surface area contributed by atoms with Gasteiger partial charge in [-0.05, 0) is 24.1 Å². The highest BCUT2D eigenvalue weighted by Gasteiger charge is 2.18. The number of nitrogens with zero attached hydrogens (tertiary/aromatic N) is 2. The number of H-pyrrole nitrogens is 1. The minimum Gasteiger partial charge on any atom is -0.310 e. The van der Waals surface area contributed by atoms with Gasteiger partial charge in [-0.25, -0.2) is 9.97 Å². The standard InChI is InChI=1S/C22H15N3OS/c1-13-23-19-18-16(14-8-4-2-5-9-14)12-17(15-10-6-3-7-11-15)25-22(18)27-20(19)21(26)24-13/h2-12H,1H3,(H,23,24,26). The minimum atomic E-state index is -0.110. The van der Waals surface area contributed by atoms with Crippen molar-refractivity contribution in [2.45, 2.75) is 6.92 Å². The Hall–Kier alpha value is -3.31. The van der Waals surface area contributed by atoms with Gasteiger partial charge in [-0.1, -0.05) is 60.7 Å². The van der Waals surface area contributed by atoms with Gasteiger partial charge in [0.25, 0.3) is 5.56 Å². The summed E-state index contributed by atoms with van der Waals surface area (Å²) in [5, 5.41) is 0.940. The van der Waals surface area contributed by atoms with Crippen LogP contribution >= 0.6 is 11.3 Å². The number of pyridine rings is 1. The topological polar surface area (TPSA) is 58.6 Å². The van der Waals surface area contributed by atoms with Crippen molar-refractivity contribution in [1.29, 1.82) is 0 Å². The summed E-state index contributed by atoms with van der Waals surface area (Å²) in [4.78, 5) is 25.6. The first-order chi connectivity index (χ1) is 13.2. The highest BCUT2D eigenvalue weighted by molar-refractivity contribution is 7.25. The molecule has 0 saturated heterocycles. The molecule has 0 bridgehead atoms. The lowest BCUT2D eigenvalue weighted by Gasteiger charge is -2.08. The summed E-state index contributed by atoms with van der Waals surface area (Å²) < 4.78 is 0.616. The fraction of sp³-hybridized carbons (Fsp3) is 0.0455. The molecule has 0 unspecified atom stereocenters. The monoisotopic (exact) mass is 369 g/mol. The van der Waals surface area contributed by atoms with Crippen molar-refractivity contribution in [3.8, 4) is 22.4 Å². The third kappa shape index (κ3) is 2.64. The number of aromatic amines is 1. The largest absolute Gasteiger partial charge is 0.310 e. The number of rotatable bonds is 2. The van der Waals surface area contributed by atoms with E-state index >= 15 is 0 Å². The zero-order valence-corrected chi connectivity index (χ0v) is 15.4. The molecular weight excluding hydrogens is 354 g/mol. The van der Waals surface area contributed by atoms with Crippen LogP contribution in [0.5, 0.6) is 0 Å². The van der Waals surface area contributed by atoms with E-state index in [0.29, 0.717) is 10.5 Å². The van der Waals surface area contributed by atoms with Gasteiger partial charge in [-0.3, -0.25) is 4.79 Å². The lowest BCUT2D eigenvalue weighted by Crippen LogP contribution is -2.07. The predicted octanol–water partition coefficient (Wildman–Crippen LogP) is 5.18. The first-order valence-electron chi connectivity index (χ1n) is 8.66. The molecule has 5 heteroatoms. The van der Waals surface area contributed by atoms with E-state index in [2.05, 4.69) is 28.2 Å². The lowest BCUT2D eigenvalue weighted by atomic mass is 10.00. The molecule has 0 radical (unpaired) electrons. The summed E-state index contributed by atoms with van der Waals surface area (Å²) in [6, 6.07) is 22.4. The number of nitrogens with one attached hydrogen (secondary N) is 1. The molecule has 3 heterocycles. The molecule has 5 rings (SSSR count). The smallest absolute Gasteiger partial charge is 0.268 e. The zero-order chi connectivity index (χ0) is 18.4. The van der Waals surface area contributed by atoms with Gasteiger partial charge < -0.3 is 4.98 Å². The minimum absolute atomic E-state index is 0.110. The molecule has 2 aromatic carbocycles. The number of thiophene rings is 1. The van der Waals surface area contributed by atoms with E-state index in [-0.39, 0.29) is 5.56 Å². The number of aromatic nitrogens is 3. The Bertz CT molecular complexity index is 1340. The summed E-state index contributed by atoms with van der Waals surface area (Å²) in [6.07, 6.45) is 0. The maximum Gasteiger partial charge on any atom is 0.268 e. The summed E-state index contributed by atoms with van der Waals surface area (Å²) in [5.74, 6) is 0.610. The van der Waals surface area contributed by atoms with Crippen molar-refractivity contribution in [2.24, 2.45) is 0 Å². The van der Waals surface area contributed by atoms with Crippen LogP contribution in [0, 0.1) is 6.92 Å². The molecular formula is C22H15N3OS. The van der Waals surface area contributed by atoms with Crippen LogP contribution in [-0.2, 0) is 0 Å². The van der Waals surface area contributed by atoms with E-state index in [4.69, 9.17) is 4.98 Å². The Kier molecular flexibility index (Phi) is 3.62. The lowest BCUT2D eigenvalue weighted by molar-refractivity contribution is 1.07. The van der Waals surface area contributed by atoms with Gasteiger partial charge in [0.1, 0.15) is 15.4 Å². The van der Waals surface area contributed by atoms with Gasteiger partial charge in [0.05, 0.1) is 11.2 Å². The van der Waals surface area contributed by atoms with E-state index in [0.717, 1.165) is 38.1 Å². The van der Waals surface area contributed by atoms with E-state index in [9.17, 15) is 4.79 Å². The SMILES string of the molecule is Cc1nc2c(sc3nc(-c4ccccc4)cc(-c4ccccc4)c32)c(=O)[nH]1. The van der Waals surface area contributed by atoms with Crippen molar-refractivity contribution in [1.82, 2.24) is 15.0 Å². The first-order valence-corrected chi connectivity index (χ1v) is 9.47. The molecule has 5 aromatic rings. The number of fused-ring (bicyclic) bond motifs is 3. The summed E-state index contributed by atoms with van der Waals surface area (Å²) in [6.45, 7) is 1.80. The van der Waals surface area contributed by atoms with E-state index in [1.807, 2.05) is 48.5 Å². The molecule has 0 aliphatic carbocycles. The molecule has 3 aromatic heterocycles. The van der Waals surface area contributed by atoms with Crippen molar-refractivity contribution in [3.63, 3.8) is 0 Å². The summed E-state index contributed by atoms with van der Waals surface area (Å²) in [7, 11) is 0. The van der Waals surface area contributed by atoms with Crippen LogP contribution in [0.3, 0.4) is 0 Å². The Morgan fingerprint density at radius 3 is 2.26 bits per heavy atom. The van der Waals surface area contributed by atoms with Crippen LogP contribution in [0.4, 0.5) is 0 Å². The zero-order valence-electron chi connectivity index (χ0n) is 14.6. The fourth-order valence-corrected chi connectivity index (χ4v) is 4.40. The van der Waals surface area contributed by atoms with Gasteiger partial charge in [-0.2, -0.15) is 0 Å². The fourth-order valence-electron chi connectivity index (χ4n) is 3.36. The van der Waals surface area contributed by atoms with Gasteiger partial charge in [0.2, 0.25) is 0 Å². The highest BCUT2D eigenvalue weighted by Crippen LogP contribution is 2.39. The van der Waals surface area contributed by atoms with Crippen molar-refractivity contribution < 1.29 is 0 Å². The predicted molar refractivity (Wildman–Crippen MR) is 111 cm³/mol. The number of aryl methyl sites for hydroxylation is 1. The maximum atomic E-state index is 12.5. The number of hydrogen-bond acceptors (Lipinski definition) is 4. The summed E-state index contributed by atoms with van der Waals surface area (Å²) in [5.41, 5.74) is 4.68. The molecule has 4 nitrogen and oxygen atoms in total. The molecule has 0 atom stereocenters. The summed E-state index contributed by atoms with van der Waals surface area (Å²) >= 11 is 1.40. The molecule has 1 N–H and O–H groups in total. The normalized spacial score (nSPS) is 11.3. The van der Waals surface area contributed by atoms with Crippen molar-refractivity contribution in [3.05, 3.63) is 82.9 Å². The van der Waals surface area contributed by atoms with Crippen LogP contribution in [0.15, 0.2) is 71.5 Å². The second kappa shape index (κ2) is 6.14. The molecule has 0 saturated carbocycles. The van der Waals surface area contributed by atoms with Gasteiger partial charge in [0, 0.05) is 10.9 Å². The quantitative estimate of drug-likeness (QED) is 0.467. The molecule has 0 aliphatic rings. The van der Waals surface area contributed by atoms with Gasteiger partial charge >= 0.3 is 0 Å². The van der Waals surface area contributed by atoms with Crippen molar-refractivity contribution >= 4 is 31.8 Å². The molecule has 0 fully saturated rings. The third-order valence-electron chi connectivity index (χ3n) is 4.57. The third-order valence-corrected chi connectivity index (χ3v) is 5.64. The van der Waals surface area contributed by atoms with E-state index in [1.165, 1.54) is 11.3 Å². The van der Waals surface area contributed by atoms with Crippen LogP contribution in [0.2, 0.25) is 0 Å². The second-order valence-corrected chi connectivity index (χ2v) is 7.40. The number of hydrogen-bond donors (Lipinski definition) is 1. The molecule has 130 valence electrons. The Morgan fingerprint density at radius 1 is 0.889 bits per heavy atom. The van der Waals surface area contributed by atoms with Gasteiger partial charge in [0.15, 0.2) is 0 Å². The molecule has 0 spiro atoms. The number of benzene rings is 2. The van der Waals surface area contributed by atoms with E-state index < -0.39 is 0 Å².